The largest absolute Gasteiger partial charge is 0.461 e. The molecule has 0 saturated carbocycles. The number of benzene rings is 1. The van der Waals surface area contributed by atoms with E-state index in [1.807, 2.05) is 23.6 Å². The highest BCUT2D eigenvalue weighted by Crippen LogP contribution is 2.27. The van der Waals surface area contributed by atoms with Crippen LogP contribution < -0.4 is 10.5 Å². The molecule has 8 heteroatoms. The zero-order valence-corrected chi connectivity index (χ0v) is 17.6. The number of hydrogen-bond donors (Lipinski definition) is 0. The van der Waals surface area contributed by atoms with Gasteiger partial charge in [-0.2, -0.15) is 5.26 Å². The molecule has 0 unspecified atom stereocenters. The van der Waals surface area contributed by atoms with E-state index in [1.54, 1.807) is 10.6 Å². The number of piperidine rings is 1. The Balaban J connectivity index is 1.85. The van der Waals surface area contributed by atoms with Gasteiger partial charge in [0.25, 0.3) is 5.56 Å². The Hall–Kier alpha value is -3.18. The zero-order chi connectivity index (χ0) is 21.1. The number of ether oxygens (including phenoxy) is 1. The normalized spacial score (nSPS) is 13.9. The molecule has 0 bridgehead atoms. The maximum absolute atomic E-state index is 13.5. The van der Waals surface area contributed by atoms with E-state index in [2.05, 4.69) is 11.0 Å². The van der Waals surface area contributed by atoms with Gasteiger partial charge >= 0.3 is 5.97 Å². The summed E-state index contributed by atoms with van der Waals surface area (Å²) in [7, 11) is 0. The van der Waals surface area contributed by atoms with Crippen LogP contribution in [-0.2, 0) is 22.7 Å². The topological polar surface area (TPSA) is 88.2 Å². The maximum Gasteiger partial charge on any atom is 0.302 e. The smallest absolute Gasteiger partial charge is 0.302 e. The Kier molecular flexibility index (Phi) is 5.81. The number of nitriles is 1. The van der Waals surface area contributed by atoms with Gasteiger partial charge in [-0.1, -0.05) is 18.2 Å². The first-order valence-corrected chi connectivity index (χ1v) is 10.8. The summed E-state index contributed by atoms with van der Waals surface area (Å²) in [4.78, 5) is 31.7. The molecule has 154 valence electrons. The number of thiophene rings is 1. The van der Waals surface area contributed by atoms with E-state index in [0.29, 0.717) is 21.7 Å². The van der Waals surface area contributed by atoms with Crippen molar-refractivity contribution in [3.8, 4) is 6.07 Å². The molecule has 3 aromatic rings. The second-order valence-electron chi connectivity index (χ2n) is 7.34. The fourth-order valence-electron chi connectivity index (χ4n) is 3.73. The van der Waals surface area contributed by atoms with Gasteiger partial charge in [0.1, 0.15) is 11.3 Å². The minimum absolute atomic E-state index is 0.0997. The maximum atomic E-state index is 13.5. The van der Waals surface area contributed by atoms with Crippen LogP contribution in [0.15, 0.2) is 34.4 Å². The minimum Gasteiger partial charge on any atom is -0.461 e. The van der Waals surface area contributed by atoms with E-state index in [0.717, 1.165) is 43.5 Å². The summed E-state index contributed by atoms with van der Waals surface area (Å²) >= 11 is 1.31. The van der Waals surface area contributed by atoms with Crippen LogP contribution in [0.2, 0.25) is 0 Å². The summed E-state index contributed by atoms with van der Waals surface area (Å²) in [5.41, 5.74) is 2.54. The third-order valence-corrected chi connectivity index (χ3v) is 6.27. The van der Waals surface area contributed by atoms with Crippen molar-refractivity contribution in [2.45, 2.75) is 39.3 Å². The van der Waals surface area contributed by atoms with Gasteiger partial charge in [-0.25, -0.2) is 4.98 Å². The lowest BCUT2D eigenvalue weighted by molar-refractivity contribution is -0.142. The molecule has 30 heavy (non-hydrogen) atoms. The van der Waals surface area contributed by atoms with Crippen LogP contribution in [0, 0.1) is 11.3 Å². The Morgan fingerprint density at radius 2 is 2.00 bits per heavy atom. The molecule has 1 aliphatic rings. The summed E-state index contributed by atoms with van der Waals surface area (Å²) in [6.45, 7) is 3.42. The van der Waals surface area contributed by atoms with Crippen molar-refractivity contribution in [2.24, 2.45) is 0 Å². The number of nitrogens with zero attached hydrogens (tertiary/aromatic N) is 4. The summed E-state index contributed by atoms with van der Waals surface area (Å²) in [5, 5.41) is 11.3. The first-order valence-electron chi connectivity index (χ1n) is 9.95. The average Bonchev–Trinajstić information content (AvgIpc) is 3.18. The van der Waals surface area contributed by atoms with Gasteiger partial charge in [0.2, 0.25) is 5.95 Å². The minimum atomic E-state index is -0.368. The number of anilines is 1. The number of rotatable bonds is 5. The number of carbonyl (C=O) groups excluding carboxylic acids is 1. The third-order valence-electron chi connectivity index (χ3n) is 5.27. The van der Waals surface area contributed by atoms with Crippen molar-refractivity contribution < 1.29 is 9.53 Å². The summed E-state index contributed by atoms with van der Waals surface area (Å²) in [6, 6.07) is 9.53. The fraction of sp³-hybridized carbons (Fsp3) is 0.364. The van der Waals surface area contributed by atoms with Crippen LogP contribution in [0.3, 0.4) is 0 Å². The van der Waals surface area contributed by atoms with Crippen molar-refractivity contribution in [1.29, 1.82) is 5.26 Å². The third kappa shape index (κ3) is 3.94. The molecule has 0 amide bonds. The van der Waals surface area contributed by atoms with Gasteiger partial charge in [0, 0.05) is 31.0 Å². The predicted octanol–water partition coefficient (Wildman–Crippen LogP) is 3.43. The van der Waals surface area contributed by atoms with Gasteiger partial charge < -0.3 is 9.64 Å². The molecule has 4 rings (SSSR count). The predicted molar refractivity (Wildman–Crippen MR) is 116 cm³/mol. The Bertz CT molecular complexity index is 1190. The summed E-state index contributed by atoms with van der Waals surface area (Å²) in [6.07, 6.45) is 3.26. The molecule has 7 nitrogen and oxygen atoms in total. The quantitative estimate of drug-likeness (QED) is 0.586. The van der Waals surface area contributed by atoms with E-state index in [-0.39, 0.29) is 24.7 Å². The highest BCUT2D eigenvalue weighted by molar-refractivity contribution is 7.17. The molecule has 1 aromatic carbocycles. The Morgan fingerprint density at radius 1 is 1.23 bits per heavy atom. The second-order valence-corrected chi connectivity index (χ2v) is 8.22. The molecule has 0 atom stereocenters. The average molecular weight is 423 g/mol. The van der Waals surface area contributed by atoms with Crippen molar-refractivity contribution in [3.05, 3.63) is 56.7 Å². The molecule has 0 spiro atoms. The van der Waals surface area contributed by atoms with Crippen LogP contribution in [0.4, 0.5) is 5.95 Å². The van der Waals surface area contributed by atoms with Crippen LogP contribution >= 0.6 is 11.3 Å². The van der Waals surface area contributed by atoms with E-state index in [4.69, 9.17) is 9.72 Å². The van der Waals surface area contributed by atoms with Crippen LogP contribution in [0.5, 0.6) is 0 Å². The van der Waals surface area contributed by atoms with Gasteiger partial charge in [0.05, 0.1) is 23.7 Å². The number of carbonyl (C=O) groups is 1. The molecule has 2 aromatic heterocycles. The van der Waals surface area contributed by atoms with Crippen LogP contribution in [-0.4, -0.2) is 28.6 Å². The summed E-state index contributed by atoms with van der Waals surface area (Å²) < 4.78 is 7.36. The molecule has 3 heterocycles. The first-order chi connectivity index (χ1) is 14.6. The molecule has 1 saturated heterocycles. The van der Waals surface area contributed by atoms with Crippen molar-refractivity contribution in [3.63, 3.8) is 0 Å². The highest BCUT2D eigenvalue weighted by atomic mass is 32.1. The van der Waals surface area contributed by atoms with Gasteiger partial charge in [0.15, 0.2) is 0 Å². The molecule has 0 N–H and O–H groups in total. The number of aromatic nitrogens is 2. The van der Waals surface area contributed by atoms with Crippen LogP contribution in [0.25, 0.3) is 10.2 Å². The molecular weight excluding hydrogens is 400 g/mol. The number of hydrogen-bond acceptors (Lipinski definition) is 7. The van der Waals surface area contributed by atoms with Crippen molar-refractivity contribution in [1.82, 2.24) is 9.55 Å². The van der Waals surface area contributed by atoms with E-state index in [9.17, 15) is 14.9 Å². The summed E-state index contributed by atoms with van der Waals surface area (Å²) in [5.74, 6) is 0.245. The lowest BCUT2D eigenvalue weighted by Crippen LogP contribution is -2.36. The lowest BCUT2D eigenvalue weighted by Gasteiger charge is -2.29. The number of esters is 1. The van der Waals surface area contributed by atoms with E-state index in [1.165, 1.54) is 18.3 Å². The van der Waals surface area contributed by atoms with Gasteiger partial charge in [-0.3, -0.25) is 14.2 Å². The lowest BCUT2D eigenvalue weighted by atomic mass is 10.1. The number of fused-ring (bicyclic) bond motifs is 1. The molecular formula is C22H22N4O3S. The molecule has 1 fully saturated rings. The van der Waals surface area contributed by atoms with Crippen molar-refractivity contribution >= 4 is 33.5 Å². The molecule has 1 aliphatic heterocycles. The fourth-order valence-corrected chi connectivity index (χ4v) is 4.67. The van der Waals surface area contributed by atoms with Crippen molar-refractivity contribution in [2.75, 3.05) is 18.0 Å². The van der Waals surface area contributed by atoms with Gasteiger partial charge in [-0.05, 0) is 30.9 Å². The van der Waals surface area contributed by atoms with Crippen LogP contribution in [0.1, 0.15) is 42.9 Å². The van der Waals surface area contributed by atoms with Gasteiger partial charge in [-0.15, -0.1) is 11.3 Å². The molecule has 0 aliphatic carbocycles. The molecule has 0 radical (unpaired) electrons. The Labute approximate surface area is 178 Å². The zero-order valence-electron chi connectivity index (χ0n) is 16.8. The monoisotopic (exact) mass is 422 g/mol. The first kappa shape index (κ1) is 20.1. The highest BCUT2D eigenvalue weighted by Gasteiger charge is 2.22. The Morgan fingerprint density at radius 3 is 2.73 bits per heavy atom. The van der Waals surface area contributed by atoms with E-state index < -0.39 is 0 Å². The van der Waals surface area contributed by atoms with E-state index >= 15 is 0 Å². The second kappa shape index (κ2) is 8.67. The standard InChI is InChI=1S/C22H22N4O3S/c1-15(27)29-13-18-14-30-20-19(18)24-22(25-9-5-2-6-10-25)26(21(20)28)12-17-8-4-3-7-16(17)11-23/h3-4,7-8,14H,2,5-6,9-10,12-13H2,1H3. The SMILES string of the molecule is CC(=O)OCc1csc2c(=O)n(Cc3ccccc3C#N)c(N3CCCCC3)nc12.